The molecule has 1 aliphatic carbocycles. The van der Waals surface area contributed by atoms with E-state index in [0.717, 1.165) is 17.7 Å². The molecule has 2 nitrogen and oxygen atoms in total. The van der Waals surface area contributed by atoms with Gasteiger partial charge in [0.1, 0.15) is 0 Å². The summed E-state index contributed by atoms with van der Waals surface area (Å²) < 4.78 is 0. The van der Waals surface area contributed by atoms with Crippen LogP contribution in [0.25, 0.3) is 0 Å². The molecule has 1 fully saturated rings. The average Bonchev–Trinajstić information content (AvgIpc) is 3.02. The molecule has 78 valence electrons. The third-order valence-corrected chi connectivity index (χ3v) is 3.39. The number of hydrogen-bond acceptors (Lipinski definition) is 2. The Labute approximate surface area is 93.8 Å². The zero-order valence-electron chi connectivity index (χ0n) is 8.37. The molecule has 2 aliphatic rings. The van der Waals surface area contributed by atoms with E-state index in [1.807, 2.05) is 12.1 Å². The van der Waals surface area contributed by atoms with Crippen molar-refractivity contribution < 1.29 is 4.79 Å². The Hall–Kier alpha value is -0.860. The SMILES string of the molecule is O=C1CN(C2CC2)Cc2ccc(Cl)cc21. The van der Waals surface area contributed by atoms with Crippen molar-refractivity contribution in [1.29, 1.82) is 0 Å². The lowest BCUT2D eigenvalue weighted by Crippen LogP contribution is -2.36. The van der Waals surface area contributed by atoms with Crippen molar-refractivity contribution in [1.82, 2.24) is 4.90 Å². The normalized spacial score (nSPS) is 21.5. The first-order valence-corrected chi connectivity index (χ1v) is 5.67. The molecule has 1 saturated carbocycles. The molecule has 0 saturated heterocycles. The lowest BCUT2D eigenvalue weighted by atomic mass is 9.99. The summed E-state index contributed by atoms with van der Waals surface area (Å²) in [7, 11) is 0. The zero-order valence-corrected chi connectivity index (χ0v) is 9.13. The van der Waals surface area contributed by atoms with Gasteiger partial charge < -0.3 is 0 Å². The van der Waals surface area contributed by atoms with Gasteiger partial charge in [0.05, 0.1) is 6.54 Å². The number of rotatable bonds is 1. The van der Waals surface area contributed by atoms with Crippen molar-refractivity contribution in [2.45, 2.75) is 25.4 Å². The van der Waals surface area contributed by atoms with Crippen LogP contribution in [-0.2, 0) is 6.54 Å². The molecule has 0 N–H and O–H groups in total. The van der Waals surface area contributed by atoms with Gasteiger partial charge in [-0.3, -0.25) is 9.69 Å². The zero-order chi connectivity index (χ0) is 10.4. The van der Waals surface area contributed by atoms with Crippen LogP contribution in [0.3, 0.4) is 0 Å². The molecule has 1 aromatic carbocycles. The van der Waals surface area contributed by atoms with Gasteiger partial charge in [0.2, 0.25) is 0 Å². The number of hydrogen-bond donors (Lipinski definition) is 0. The third kappa shape index (κ3) is 1.68. The average molecular weight is 222 g/mol. The second-order valence-electron chi connectivity index (χ2n) is 4.36. The molecule has 15 heavy (non-hydrogen) atoms. The van der Waals surface area contributed by atoms with Gasteiger partial charge in [0.15, 0.2) is 5.78 Å². The summed E-state index contributed by atoms with van der Waals surface area (Å²) in [6.07, 6.45) is 2.49. The fourth-order valence-electron chi connectivity index (χ4n) is 2.19. The van der Waals surface area contributed by atoms with Crippen molar-refractivity contribution in [2.75, 3.05) is 6.54 Å². The van der Waals surface area contributed by atoms with E-state index in [1.54, 1.807) is 6.07 Å². The summed E-state index contributed by atoms with van der Waals surface area (Å²) in [5.74, 6) is 0.214. The van der Waals surface area contributed by atoms with Crippen molar-refractivity contribution >= 4 is 17.4 Å². The molecular weight excluding hydrogens is 210 g/mol. The van der Waals surface area contributed by atoms with Gasteiger partial charge in [-0.1, -0.05) is 17.7 Å². The highest BCUT2D eigenvalue weighted by Gasteiger charge is 2.34. The lowest BCUT2D eigenvalue weighted by molar-refractivity contribution is 0.0893. The number of Topliss-reactive ketones (excluding diaryl/α,β-unsaturated/α-hetero) is 1. The van der Waals surface area contributed by atoms with E-state index in [2.05, 4.69) is 4.90 Å². The van der Waals surface area contributed by atoms with Crippen LogP contribution in [0.2, 0.25) is 5.02 Å². The van der Waals surface area contributed by atoms with Crippen LogP contribution in [0.4, 0.5) is 0 Å². The maximum absolute atomic E-state index is 11.9. The molecule has 1 aliphatic heterocycles. The molecule has 3 heteroatoms. The van der Waals surface area contributed by atoms with Crippen LogP contribution in [0.5, 0.6) is 0 Å². The van der Waals surface area contributed by atoms with Crippen LogP contribution in [0.15, 0.2) is 18.2 Å². The number of carbonyl (C=O) groups excluding carboxylic acids is 1. The van der Waals surface area contributed by atoms with Crippen LogP contribution in [-0.4, -0.2) is 23.3 Å². The number of nitrogens with zero attached hydrogens (tertiary/aromatic N) is 1. The topological polar surface area (TPSA) is 20.3 Å². The Balaban J connectivity index is 1.96. The summed E-state index contributed by atoms with van der Waals surface area (Å²) in [4.78, 5) is 14.2. The van der Waals surface area contributed by atoms with Gasteiger partial charge in [0, 0.05) is 23.2 Å². The first-order chi connectivity index (χ1) is 7.24. The molecule has 0 spiro atoms. The lowest BCUT2D eigenvalue weighted by Gasteiger charge is -2.27. The van der Waals surface area contributed by atoms with Crippen LogP contribution >= 0.6 is 11.6 Å². The highest BCUT2D eigenvalue weighted by atomic mass is 35.5. The molecule has 1 aromatic rings. The first kappa shape index (κ1) is 9.37. The molecule has 0 amide bonds. The standard InChI is InChI=1S/C12H12ClNO/c13-9-2-1-8-6-14(10-3-4-10)7-12(15)11(8)5-9/h1-2,5,10H,3-4,6-7H2. The van der Waals surface area contributed by atoms with E-state index < -0.39 is 0 Å². The van der Waals surface area contributed by atoms with E-state index in [9.17, 15) is 4.79 Å². The number of fused-ring (bicyclic) bond motifs is 1. The molecule has 1 heterocycles. The van der Waals surface area contributed by atoms with Gasteiger partial charge in [-0.05, 0) is 30.5 Å². The minimum Gasteiger partial charge on any atom is -0.293 e. The molecule has 0 atom stereocenters. The van der Waals surface area contributed by atoms with E-state index in [1.165, 1.54) is 12.8 Å². The van der Waals surface area contributed by atoms with Gasteiger partial charge in [-0.15, -0.1) is 0 Å². The molecule has 0 aromatic heterocycles. The predicted octanol–water partition coefficient (Wildman–Crippen LogP) is 2.50. The Morgan fingerprint density at radius 2 is 2.07 bits per heavy atom. The maximum atomic E-state index is 11.9. The first-order valence-electron chi connectivity index (χ1n) is 5.30. The fourth-order valence-corrected chi connectivity index (χ4v) is 2.36. The van der Waals surface area contributed by atoms with E-state index in [0.29, 0.717) is 17.6 Å². The smallest absolute Gasteiger partial charge is 0.177 e. The second kappa shape index (κ2) is 3.32. The fraction of sp³-hybridized carbons (Fsp3) is 0.417. The van der Waals surface area contributed by atoms with Gasteiger partial charge in [0.25, 0.3) is 0 Å². The number of carbonyl (C=O) groups is 1. The van der Waals surface area contributed by atoms with Crippen LogP contribution in [0.1, 0.15) is 28.8 Å². The van der Waals surface area contributed by atoms with Gasteiger partial charge >= 0.3 is 0 Å². The predicted molar refractivity (Wildman–Crippen MR) is 59.2 cm³/mol. The van der Waals surface area contributed by atoms with Crippen molar-refractivity contribution in [3.8, 4) is 0 Å². The largest absolute Gasteiger partial charge is 0.293 e. The summed E-state index contributed by atoms with van der Waals surface area (Å²) in [5.41, 5.74) is 1.95. The molecule has 0 bridgehead atoms. The highest BCUT2D eigenvalue weighted by Crippen LogP contribution is 2.32. The maximum Gasteiger partial charge on any atom is 0.177 e. The summed E-state index contributed by atoms with van der Waals surface area (Å²) in [5, 5.41) is 0.655. The van der Waals surface area contributed by atoms with Gasteiger partial charge in [-0.25, -0.2) is 0 Å². The highest BCUT2D eigenvalue weighted by molar-refractivity contribution is 6.31. The number of benzene rings is 1. The van der Waals surface area contributed by atoms with Crippen molar-refractivity contribution in [2.24, 2.45) is 0 Å². The third-order valence-electron chi connectivity index (χ3n) is 3.16. The quantitative estimate of drug-likeness (QED) is 0.726. The number of halogens is 1. The van der Waals surface area contributed by atoms with Crippen molar-refractivity contribution in [3.05, 3.63) is 34.3 Å². The van der Waals surface area contributed by atoms with E-state index >= 15 is 0 Å². The summed E-state index contributed by atoms with van der Waals surface area (Å²) in [6.45, 7) is 1.47. The number of ketones is 1. The Bertz CT molecular complexity index is 426. The summed E-state index contributed by atoms with van der Waals surface area (Å²) in [6, 6.07) is 6.29. The van der Waals surface area contributed by atoms with E-state index in [-0.39, 0.29) is 5.78 Å². The molecule has 0 unspecified atom stereocenters. The Kier molecular flexibility index (Phi) is 2.08. The minimum absolute atomic E-state index is 0.214. The van der Waals surface area contributed by atoms with Crippen molar-refractivity contribution in [3.63, 3.8) is 0 Å². The van der Waals surface area contributed by atoms with Gasteiger partial charge in [-0.2, -0.15) is 0 Å². The molecule has 3 rings (SSSR count). The van der Waals surface area contributed by atoms with Crippen LogP contribution < -0.4 is 0 Å². The summed E-state index contributed by atoms with van der Waals surface area (Å²) >= 11 is 5.89. The second-order valence-corrected chi connectivity index (χ2v) is 4.80. The molecule has 0 radical (unpaired) electrons. The van der Waals surface area contributed by atoms with E-state index in [4.69, 9.17) is 11.6 Å². The Morgan fingerprint density at radius 1 is 1.27 bits per heavy atom. The molecular formula is C12H12ClNO. The monoisotopic (exact) mass is 221 g/mol. The van der Waals surface area contributed by atoms with Crippen LogP contribution in [0, 0.1) is 0 Å². The Morgan fingerprint density at radius 3 is 2.80 bits per heavy atom. The minimum atomic E-state index is 0.214.